The summed E-state index contributed by atoms with van der Waals surface area (Å²) in [7, 11) is 0. The highest BCUT2D eigenvalue weighted by Gasteiger charge is 2.08. The molecule has 1 nitrogen and oxygen atoms in total. The third kappa shape index (κ3) is 1.77. The Kier molecular flexibility index (Phi) is 3.07. The molecule has 0 aliphatic rings. The summed E-state index contributed by atoms with van der Waals surface area (Å²) in [5.74, 6) is -0.521. The smallest absolute Gasteiger partial charge is 0.147 e. The van der Waals surface area contributed by atoms with Gasteiger partial charge in [-0.25, -0.2) is 4.39 Å². The average Bonchev–Trinajstić information content (AvgIpc) is 2.07. The van der Waals surface area contributed by atoms with Crippen LogP contribution < -0.4 is 0 Å². The zero-order valence-corrected chi connectivity index (χ0v) is 8.28. The van der Waals surface area contributed by atoms with Gasteiger partial charge in [-0.3, -0.25) is 0 Å². The first kappa shape index (κ1) is 9.50. The van der Waals surface area contributed by atoms with Crippen molar-refractivity contribution in [1.82, 2.24) is 0 Å². The first-order chi connectivity index (χ1) is 5.66. The topological polar surface area (TPSA) is 23.8 Å². The van der Waals surface area contributed by atoms with Crippen LogP contribution in [0.15, 0.2) is 16.6 Å². The molecule has 12 heavy (non-hydrogen) atoms. The first-order valence-electron chi connectivity index (χ1n) is 3.16. The number of hydrogen-bond acceptors (Lipinski definition) is 1. The molecule has 0 aliphatic carbocycles. The van der Waals surface area contributed by atoms with Crippen molar-refractivity contribution in [2.45, 2.75) is 6.42 Å². The second-order valence-electron chi connectivity index (χ2n) is 2.17. The van der Waals surface area contributed by atoms with Gasteiger partial charge >= 0.3 is 0 Å². The zero-order chi connectivity index (χ0) is 9.14. The van der Waals surface area contributed by atoms with Crippen LogP contribution in [0.3, 0.4) is 0 Å². The predicted molar refractivity (Wildman–Crippen MR) is 48.4 cm³/mol. The molecule has 0 aliphatic heterocycles. The monoisotopic (exact) mass is 247 g/mol. The molecule has 0 atom stereocenters. The molecule has 0 aromatic heterocycles. The van der Waals surface area contributed by atoms with Gasteiger partial charge in [-0.2, -0.15) is 5.26 Å². The molecular formula is C8H4BrClFN. The number of rotatable bonds is 1. The van der Waals surface area contributed by atoms with E-state index in [0.717, 1.165) is 0 Å². The average molecular weight is 248 g/mol. The summed E-state index contributed by atoms with van der Waals surface area (Å²) in [4.78, 5) is 0. The molecule has 0 saturated heterocycles. The van der Waals surface area contributed by atoms with E-state index < -0.39 is 5.82 Å². The highest BCUT2D eigenvalue weighted by molar-refractivity contribution is 9.10. The number of hydrogen-bond donors (Lipinski definition) is 0. The van der Waals surface area contributed by atoms with Crippen molar-refractivity contribution in [1.29, 1.82) is 5.26 Å². The zero-order valence-electron chi connectivity index (χ0n) is 5.94. The van der Waals surface area contributed by atoms with Crippen LogP contribution >= 0.6 is 27.5 Å². The van der Waals surface area contributed by atoms with Crippen LogP contribution in [0.5, 0.6) is 0 Å². The van der Waals surface area contributed by atoms with Gasteiger partial charge in [-0.15, -0.1) is 0 Å². The molecule has 62 valence electrons. The van der Waals surface area contributed by atoms with Gasteiger partial charge in [-0.05, 0) is 22.0 Å². The normalized spacial score (nSPS) is 9.50. The lowest BCUT2D eigenvalue weighted by Crippen LogP contribution is -1.89. The second-order valence-corrected chi connectivity index (χ2v) is 3.40. The fraction of sp³-hybridized carbons (Fsp3) is 0.125. The number of benzene rings is 1. The lowest BCUT2D eigenvalue weighted by atomic mass is 10.1. The van der Waals surface area contributed by atoms with Gasteiger partial charge in [0.2, 0.25) is 0 Å². The molecule has 0 saturated carbocycles. The number of nitrogens with zero attached hydrogens (tertiary/aromatic N) is 1. The van der Waals surface area contributed by atoms with Crippen LogP contribution in [0, 0.1) is 17.1 Å². The Morgan fingerprint density at radius 3 is 2.83 bits per heavy atom. The predicted octanol–water partition coefficient (Wildman–Crippen LogP) is 3.31. The van der Waals surface area contributed by atoms with Gasteiger partial charge < -0.3 is 0 Å². The van der Waals surface area contributed by atoms with Crippen molar-refractivity contribution < 1.29 is 4.39 Å². The summed E-state index contributed by atoms with van der Waals surface area (Å²) >= 11 is 8.66. The van der Waals surface area contributed by atoms with Gasteiger partial charge in [0, 0.05) is 10.0 Å². The molecular weight excluding hydrogens is 244 g/mol. The molecule has 4 heteroatoms. The van der Waals surface area contributed by atoms with Crippen LogP contribution in [-0.4, -0.2) is 0 Å². The molecule has 1 aromatic rings. The van der Waals surface area contributed by atoms with Crippen LogP contribution in [-0.2, 0) is 6.42 Å². The number of nitriles is 1. The van der Waals surface area contributed by atoms with Gasteiger partial charge in [0.25, 0.3) is 0 Å². The van der Waals surface area contributed by atoms with E-state index in [9.17, 15) is 4.39 Å². The maximum Gasteiger partial charge on any atom is 0.147 e. The van der Waals surface area contributed by atoms with Crippen LogP contribution in [0.2, 0.25) is 5.02 Å². The second kappa shape index (κ2) is 3.88. The summed E-state index contributed by atoms with van der Waals surface area (Å²) in [6, 6.07) is 5.02. The largest absolute Gasteiger partial charge is 0.205 e. The van der Waals surface area contributed by atoms with E-state index in [-0.39, 0.29) is 11.4 Å². The Morgan fingerprint density at radius 2 is 2.25 bits per heavy atom. The molecule has 1 rings (SSSR count). The van der Waals surface area contributed by atoms with E-state index in [1.165, 1.54) is 6.07 Å². The molecule has 0 bridgehead atoms. The first-order valence-corrected chi connectivity index (χ1v) is 4.33. The molecule has 0 N–H and O–H groups in total. The van der Waals surface area contributed by atoms with E-state index in [2.05, 4.69) is 15.9 Å². The van der Waals surface area contributed by atoms with Gasteiger partial charge in [0.15, 0.2) is 0 Å². The minimum atomic E-state index is -0.521. The fourth-order valence-electron chi connectivity index (χ4n) is 0.788. The van der Waals surface area contributed by atoms with Gasteiger partial charge in [0.1, 0.15) is 5.82 Å². The van der Waals surface area contributed by atoms with Crippen LogP contribution in [0.1, 0.15) is 5.56 Å². The molecule has 0 spiro atoms. The van der Waals surface area contributed by atoms with E-state index in [4.69, 9.17) is 16.9 Å². The Morgan fingerprint density at radius 1 is 1.58 bits per heavy atom. The quantitative estimate of drug-likeness (QED) is 0.700. The summed E-state index contributed by atoms with van der Waals surface area (Å²) in [6.07, 6.45) is 0.0405. The molecule has 0 radical (unpaired) electrons. The maximum absolute atomic E-state index is 13.1. The Balaban J connectivity index is 3.19. The van der Waals surface area contributed by atoms with Gasteiger partial charge in [0.05, 0.1) is 17.5 Å². The maximum atomic E-state index is 13.1. The van der Waals surface area contributed by atoms with E-state index >= 15 is 0 Å². The van der Waals surface area contributed by atoms with Crippen LogP contribution in [0.25, 0.3) is 0 Å². The molecule has 0 heterocycles. The van der Waals surface area contributed by atoms with E-state index in [1.54, 1.807) is 6.07 Å². The number of halogens is 3. The summed E-state index contributed by atoms with van der Waals surface area (Å²) in [6.45, 7) is 0. The highest BCUT2D eigenvalue weighted by Crippen LogP contribution is 2.27. The van der Waals surface area contributed by atoms with Crippen LogP contribution in [0.4, 0.5) is 4.39 Å². The lowest BCUT2D eigenvalue weighted by Gasteiger charge is -2.01. The Bertz CT molecular complexity index is 346. The Hall–Kier alpha value is -0.590. The van der Waals surface area contributed by atoms with E-state index in [1.807, 2.05) is 6.07 Å². The van der Waals surface area contributed by atoms with Crippen molar-refractivity contribution in [2.75, 3.05) is 0 Å². The molecule has 1 aromatic carbocycles. The molecule has 0 fully saturated rings. The standard InChI is InChI=1S/C8H4BrClFN/c9-6-2-1-5(3-4-12)8(11)7(6)10/h1-2H,3H2. The van der Waals surface area contributed by atoms with Gasteiger partial charge in [-0.1, -0.05) is 17.7 Å². The third-order valence-electron chi connectivity index (χ3n) is 1.38. The minimum absolute atomic E-state index is 0.0303. The summed E-state index contributed by atoms with van der Waals surface area (Å²) in [5.41, 5.74) is 0.325. The summed E-state index contributed by atoms with van der Waals surface area (Å²) < 4.78 is 13.6. The minimum Gasteiger partial charge on any atom is -0.205 e. The fourth-order valence-corrected chi connectivity index (χ4v) is 1.28. The summed E-state index contributed by atoms with van der Waals surface area (Å²) in [5, 5.41) is 8.36. The Labute approximate surface area is 82.9 Å². The molecule has 0 unspecified atom stereocenters. The third-order valence-corrected chi connectivity index (χ3v) is 2.64. The van der Waals surface area contributed by atoms with Crippen molar-refractivity contribution in [2.24, 2.45) is 0 Å². The van der Waals surface area contributed by atoms with Crippen molar-refractivity contribution in [3.8, 4) is 6.07 Å². The SMILES string of the molecule is N#CCc1ccc(Br)c(Cl)c1F. The van der Waals surface area contributed by atoms with Crippen molar-refractivity contribution in [3.63, 3.8) is 0 Å². The molecule has 0 amide bonds. The van der Waals surface area contributed by atoms with E-state index in [0.29, 0.717) is 10.0 Å². The van der Waals surface area contributed by atoms with Crippen molar-refractivity contribution >= 4 is 27.5 Å². The van der Waals surface area contributed by atoms with Crippen molar-refractivity contribution in [3.05, 3.63) is 33.0 Å². The lowest BCUT2D eigenvalue weighted by molar-refractivity contribution is 0.615. The highest BCUT2D eigenvalue weighted by atomic mass is 79.9.